The fourth-order valence-electron chi connectivity index (χ4n) is 3.76. The van der Waals surface area contributed by atoms with Crippen molar-refractivity contribution < 1.29 is 13.2 Å². The number of aromatic nitrogens is 4. The molecule has 0 bridgehead atoms. The summed E-state index contributed by atoms with van der Waals surface area (Å²) in [5.74, 6) is 0.112. The minimum Gasteiger partial charge on any atom is -0.285 e. The van der Waals surface area contributed by atoms with Gasteiger partial charge in [0.2, 0.25) is 0 Å². The average molecular weight is 374 g/mol. The number of hydrogen-bond donors (Lipinski definition) is 0. The molecule has 3 heterocycles. The Morgan fingerprint density at radius 1 is 1.07 bits per heavy atom. The molecule has 0 N–H and O–H groups in total. The van der Waals surface area contributed by atoms with E-state index in [4.69, 9.17) is 0 Å². The minimum atomic E-state index is -4.54. The van der Waals surface area contributed by atoms with Crippen molar-refractivity contribution in [2.45, 2.75) is 44.3 Å². The molecule has 140 valence electrons. The Balaban J connectivity index is 1.89. The van der Waals surface area contributed by atoms with Gasteiger partial charge in [-0.3, -0.25) is 19.3 Å². The zero-order valence-corrected chi connectivity index (χ0v) is 14.4. The fraction of sp³-hybridized carbons (Fsp3) is 0.368. The molecular weight excluding hydrogens is 357 g/mol. The van der Waals surface area contributed by atoms with Crippen LogP contribution < -0.4 is 5.56 Å². The molecule has 1 aliphatic carbocycles. The molecule has 0 atom stereocenters. The predicted molar refractivity (Wildman–Crippen MR) is 93.3 cm³/mol. The molecule has 5 nitrogen and oxygen atoms in total. The summed E-state index contributed by atoms with van der Waals surface area (Å²) in [6.07, 6.45) is 3.58. The van der Waals surface area contributed by atoms with Gasteiger partial charge in [-0.2, -0.15) is 13.2 Å². The van der Waals surface area contributed by atoms with Crippen molar-refractivity contribution in [1.82, 2.24) is 19.5 Å². The van der Waals surface area contributed by atoms with E-state index in [2.05, 4.69) is 15.0 Å². The first-order valence-electron chi connectivity index (χ1n) is 8.80. The third-order valence-electron chi connectivity index (χ3n) is 5.04. The van der Waals surface area contributed by atoms with Gasteiger partial charge in [0, 0.05) is 24.2 Å². The van der Waals surface area contributed by atoms with Gasteiger partial charge in [0.15, 0.2) is 5.65 Å². The lowest BCUT2D eigenvalue weighted by atomic mass is 9.98. The maximum atomic E-state index is 13.3. The highest BCUT2D eigenvalue weighted by molar-refractivity contribution is 5.70. The molecule has 3 aromatic heterocycles. The Bertz CT molecular complexity index is 1040. The van der Waals surface area contributed by atoms with Gasteiger partial charge in [0.25, 0.3) is 5.56 Å². The maximum Gasteiger partial charge on any atom is 0.418 e. The van der Waals surface area contributed by atoms with E-state index in [1.165, 1.54) is 29.2 Å². The molecule has 1 saturated carbocycles. The van der Waals surface area contributed by atoms with Gasteiger partial charge in [-0.15, -0.1) is 0 Å². The van der Waals surface area contributed by atoms with E-state index < -0.39 is 11.7 Å². The van der Waals surface area contributed by atoms with Crippen molar-refractivity contribution in [3.63, 3.8) is 0 Å². The smallest absolute Gasteiger partial charge is 0.285 e. The SMILES string of the molecule is O=c1c(C2CCCC2)cc2nccnc2n1Cc1ncccc1C(F)(F)F. The predicted octanol–water partition coefficient (Wildman–Crippen LogP) is 3.91. The van der Waals surface area contributed by atoms with Crippen LogP contribution in [0, 0.1) is 0 Å². The second kappa shape index (κ2) is 6.75. The Labute approximate surface area is 152 Å². The summed E-state index contributed by atoms with van der Waals surface area (Å²) in [5.41, 5.74) is 0.00742. The summed E-state index contributed by atoms with van der Waals surface area (Å²) in [6, 6.07) is 3.95. The topological polar surface area (TPSA) is 60.7 Å². The first kappa shape index (κ1) is 17.6. The molecule has 4 rings (SSSR count). The fourth-order valence-corrected chi connectivity index (χ4v) is 3.76. The van der Waals surface area contributed by atoms with E-state index in [1.807, 2.05) is 0 Å². The molecule has 0 aliphatic heterocycles. The van der Waals surface area contributed by atoms with Crippen molar-refractivity contribution in [3.8, 4) is 0 Å². The highest BCUT2D eigenvalue weighted by Gasteiger charge is 2.34. The van der Waals surface area contributed by atoms with E-state index in [1.54, 1.807) is 6.07 Å². The van der Waals surface area contributed by atoms with Crippen LogP contribution in [0.25, 0.3) is 11.2 Å². The first-order valence-corrected chi connectivity index (χ1v) is 8.80. The zero-order chi connectivity index (χ0) is 19.0. The number of nitrogens with zero attached hydrogens (tertiary/aromatic N) is 4. The molecule has 0 aromatic carbocycles. The molecule has 0 saturated heterocycles. The normalized spacial score (nSPS) is 15.5. The largest absolute Gasteiger partial charge is 0.418 e. The summed E-state index contributed by atoms with van der Waals surface area (Å²) in [4.78, 5) is 25.5. The minimum absolute atomic E-state index is 0.112. The Morgan fingerprint density at radius 3 is 2.56 bits per heavy atom. The van der Waals surface area contributed by atoms with Gasteiger partial charge in [0.05, 0.1) is 17.8 Å². The Morgan fingerprint density at radius 2 is 1.81 bits per heavy atom. The Hall–Kier alpha value is -2.77. The number of rotatable bonds is 3. The highest BCUT2D eigenvalue weighted by atomic mass is 19.4. The van der Waals surface area contributed by atoms with Crippen LogP contribution in [0.2, 0.25) is 0 Å². The number of fused-ring (bicyclic) bond motifs is 1. The van der Waals surface area contributed by atoms with Gasteiger partial charge in [-0.25, -0.2) is 4.98 Å². The van der Waals surface area contributed by atoms with E-state index in [-0.39, 0.29) is 29.4 Å². The lowest BCUT2D eigenvalue weighted by molar-refractivity contribution is -0.138. The summed E-state index contributed by atoms with van der Waals surface area (Å²) < 4.78 is 41.3. The van der Waals surface area contributed by atoms with Gasteiger partial charge in [-0.05, 0) is 37.0 Å². The zero-order valence-electron chi connectivity index (χ0n) is 14.4. The van der Waals surface area contributed by atoms with Crippen LogP contribution in [-0.4, -0.2) is 19.5 Å². The molecule has 0 unspecified atom stereocenters. The quantitative estimate of drug-likeness (QED) is 0.697. The van der Waals surface area contributed by atoms with Gasteiger partial charge < -0.3 is 0 Å². The highest BCUT2D eigenvalue weighted by Crippen LogP contribution is 2.34. The van der Waals surface area contributed by atoms with Crippen LogP contribution in [0.1, 0.15) is 48.4 Å². The van der Waals surface area contributed by atoms with Crippen LogP contribution in [0.15, 0.2) is 41.6 Å². The van der Waals surface area contributed by atoms with Crippen molar-refractivity contribution >= 4 is 11.2 Å². The first-order chi connectivity index (χ1) is 12.9. The summed E-state index contributed by atoms with van der Waals surface area (Å²) in [7, 11) is 0. The van der Waals surface area contributed by atoms with E-state index in [9.17, 15) is 18.0 Å². The van der Waals surface area contributed by atoms with Gasteiger partial charge in [-0.1, -0.05) is 12.8 Å². The second-order valence-corrected chi connectivity index (χ2v) is 6.73. The molecule has 1 aliphatic rings. The molecule has 0 spiro atoms. The van der Waals surface area contributed by atoms with Crippen LogP contribution in [-0.2, 0) is 12.7 Å². The van der Waals surface area contributed by atoms with Crippen LogP contribution in [0.3, 0.4) is 0 Å². The molecule has 3 aromatic rings. The van der Waals surface area contributed by atoms with Crippen molar-refractivity contribution in [2.75, 3.05) is 0 Å². The number of pyridine rings is 2. The molecule has 0 radical (unpaired) electrons. The lowest BCUT2D eigenvalue weighted by Gasteiger charge is -2.16. The third-order valence-corrected chi connectivity index (χ3v) is 5.04. The van der Waals surface area contributed by atoms with Crippen molar-refractivity contribution in [2.24, 2.45) is 0 Å². The third kappa shape index (κ3) is 3.31. The van der Waals surface area contributed by atoms with E-state index in [0.717, 1.165) is 31.7 Å². The van der Waals surface area contributed by atoms with E-state index >= 15 is 0 Å². The average Bonchev–Trinajstić information content (AvgIpc) is 3.18. The molecule has 27 heavy (non-hydrogen) atoms. The number of alkyl halides is 3. The number of halogens is 3. The van der Waals surface area contributed by atoms with Crippen molar-refractivity contribution in [3.05, 3.63) is 64.0 Å². The van der Waals surface area contributed by atoms with Crippen LogP contribution in [0.4, 0.5) is 13.2 Å². The summed E-state index contributed by atoms with van der Waals surface area (Å²) >= 11 is 0. The summed E-state index contributed by atoms with van der Waals surface area (Å²) in [5, 5.41) is 0. The second-order valence-electron chi connectivity index (χ2n) is 6.73. The van der Waals surface area contributed by atoms with Crippen LogP contribution in [0.5, 0.6) is 0 Å². The van der Waals surface area contributed by atoms with Crippen molar-refractivity contribution in [1.29, 1.82) is 0 Å². The molecule has 0 amide bonds. The standard InChI is InChI=1S/C19H17F3N4O/c20-19(21,22)14-6-3-7-23-16(14)11-26-17-15(24-8-9-25-17)10-13(18(26)27)12-4-1-2-5-12/h3,6-10,12H,1-2,4-5,11H2. The van der Waals surface area contributed by atoms with E-state index in [0.29, 0.717) is 11.1 Å². The van der Waals surface area contributed by atoms with Crippen LogP contribution >= 0.6 is 0 Å². The van der Waals surface area contributed by atoms with Gasteiger partial charge in [0.1, 0.15) is 5.52 Å². The monoisotopic (exact) mass is 374 g/mol. The molecular formula is C19H17F3N4O. The lowest BCUT2D eigenvalue weighted by Crippen LogP contribution is -2.28. The van der Waals surface area contributed by atoms with Gasteiger partial charge >= 0.3 is 6.18 Å². The Kier molecular flexibility index (Phi) is 4.41. The summed E-state index contributed by atoms with van der Waals surface area (Å²) in [6.45, 7) is -0.301. The maximum absolute atomic E-state index is 13.3. The molecule has 8 heteroatoms. The number of hydrogen-bond acceptors (Lipinski definition) is 4. The molecule has 1 fully saturated rings.